The Bertz CT molecular complexity index is 847. The Morgan fingerprint density at radius 3 is 2.38 bits per heavy atom. The van der Waals surface area contributed by atoms with Gasteiger partial charge in [0.1, 0.15) is 17.4 Å². The first kappa shape index (κ1) is 21.1. The zero-order valence-electron chi connectivity index (χ0n) is 18.4. The number of anilines is 1. The molecule has 1 aromatic carbocycles. The van der Waals surface area contributed by atoms with Crippen LogP contribution in [0.4, 0.5) is 5.82 Å². The van der Waals surface area contributed by atoms with Crippen LogP contribution >= 0.6 is 0 Å². The highest BCUT2D eigenvalue weighted by molar-refractivity contribution is 5.81. The minimum Gasteiger partial charge on any atom is -0.481 e. The number of rotatable bonds is 4. The van der Waals surface area contributed by atoms with Gasteiger partial charge in [0.25, 0.3) is 5.91 Å². The molecule has 1 aliphatic rings. The first-order chi connectivity index (χ1) is 13.6. The molecule has 0 aliphatic carbocycles. The Kier molecular flexibility index (Phi) is 6.10. The van der Waals surface area contributed by atoms with Crippen LogP contribution in [0.3, 0.4) is 0 Å². The number of aromatic nitrogens is 2. The van der Waals surface area contributed by atoms with Gasteiger partial charge in [-0.05, 0) is 43.9 Å². The number of nitrogens with zero attached hydrogens (tertiary/aromatic N) is 4. The van der Waals surface area contributed by atoms with E-state index < -0.39 is 6.10 Å². The summed E-state index contributed by atoms with van der Waals surface area (Å²) in [6.07, 6.45) is -0.514. The highest BCUT2D eigenvalue weighted by Gasteiger charge is 2.27. The van der Waals surface area contributed by atoms with Crippen molar-refractivity contribution in [3.63, 3.8) is 0 Å². The van der Waals surface area contributed by atoms with E-state index in [2.05, 4.69) is 41.7 Å². The molecule has 1 aliphatic heterocycles. The number of hydrogen-bond acceptors (Lipinski definition) is 5. The van der Waals surface area contributed by atoms with Gasteiger partial charge in [-0.1, -0.05) is 32.9 Å². The number of amides is 1. The van der Waals surface area contributed by atoms with Crippen LogP contribution in [0.25, 0.3) is 0 Å². The summed E-state index contributed by atoms with van der Waals surface area (Å²) in [5.74, 6) is 2.48. The van der Waals surface area contributed by atoms with Crippen molar-refractivity contribution < 1.29 is 9.53 Å². The monoisotopic (exact) mass is 396 g/mol. The zero-order chi connectivity index (χ0) is 21.2. The molecule has 6 heteroatoms. The van der Waals surface area contributed by atoms with Gasteiger partial charge in [0.15, 0.2) is 6.10 Å². The van der Waals surface area contributed by atoms with Gasteiger partial charge in [0, 0.05) is 37.9 Å². The molecule has 1 aromatic heterocycles. The normalized spacial score (nSPS) is 15.9. The topological polar surface area (TPSA) is 58.6 Å². The third kappa shape index (κ3) is 5.25. The maximum atomic E-state index is 12.9. The third-order valence-electron chi connectivity index (χ3n) is 5.23. The number of benzene rings is 1. The Hall–Kier alpha value is -2.63. The van der Waals surface area contributed by atoms with E-state index in [0.717, 1.165) is 36.2 Å². The molecule has 2 heterocycles. The van der Waals surface area contributed by atoms with E-state index >= 15 is 0 Å². The molecule has 1 unspecified atom stereocenters. The highest BCUT2D eigenvalue weighted by atomic mass is 16.5. The smallest absolute Gasteiger partial charge is 0.263 e. The fourth-order valence-electron chi connectivity index (χ4n) is 3.56. The molecule has 156 valence electrons. The van der Waals surface area contributed by atoms with Crippen molar-refractivity contribution in [2.75, 3.05) is 31.1 Å². The fourth-order valence-corrected chi connectivity index (χ4v) is 3.56. The number of aryl methyl sites for hydroxylation is 2. The van der Waals surface area contributed by atoms with Gasteiger partial charge in [-0.2, -0.15) is 0 Å². The van der Waals surface area contributed by atoms with Crippen LogP contribution in [0, 0.1) is 13.8 Å². The number of carbonyl (C=O) groups is 1. The number of ether oxygens (including phenoxy) is 1. The van der Waals surface area contributed by atoms with E-state index in [1.165, 1.54) is 5.56 Å². The Morgan fingerprint density at radius 2 is 1.76 bits per heavy atom. The second-order valence-electron chi connectivity index (χ2n) is 8.76. The highest BCUT2D eigenvalue weighted by Crippen LogP contribution is 2.26. The molecule has 3 rings (SSSR count). The number of piperazine rings is 1. The summed E-state index contributed by atoms with van der Waals surface area (Å²) in [5, 5.41) is 0. The van der Waals surface area contributed by atoms with E-state index in [9.17, 15) is 4.79 Å². The lowest BCUT2D eigenvalue weighted by atomic mass is 9.87. The molecule has 0 bridgehead atoms. The van der Waals surface area contributed by atoms with Crippen molar-refractivity contribution >= 4 is 11.7 Å². The van der Waals surface area contributed by atoms with Gasteiger partial charge in [0.05, 0.1) is 0 Å². The van der Waals surface area contributed by atoms with Gasteiger partial charge in [-0.3, -0.25) is 4.79 Å². The molecule has 0 N–H and O–H groups in total. The molecular formula is C23H32N4O2. The van der Waals surface area contributed by atoms with Crippen LogP contribution in [-0.2, 0) is 10.2 Å². The summed E-state index contributed by atoms with van der Waals surface area (Å²) in [7, 11) is 0. The second kappa shape index (κ2) is 8.39. The molecule has 2 aromatic rings. The van der Waals surface area contributed by atoms with E-state index in [4.69, 9.17) is 4.74 Å². The maximum absolute atomic E-state index is 12.9. The molecule has 29 heavy (non-hydrogen) atoms. The standard InChI is InChI=1S/C23H32N4O2/c1-16-14-21(25-18(3)24-16)26-10-12-27(13-11-26)22(28)17(2)29-20-9-7-8-19(15-20)23(4,5)6/h7-9,14-15,17H,10-13H2,1-6H3. The molecule has 0 spiro atoms. The van der Waals surface area contributed by atoms with Gasteiger partial charge >= 0.3 is 0 Å². The van der Waals surface area contributed by atoms with E-state index in [1.807, 2.05) is 49.9 Å². The molecule has 0 radical (unpaired) electrons. The van der Waals surface area contributed by atoms with Crippen LogP contribution < -0.4 is 9.64 Å². The lowest BCUT2D eigenvalue weighted by Crippen LogP contribution is -2.52. The summed E-state index contributed by atoms with van der Waals surface area (Å²) >= 11 is 0. The average Bonchev–Trinajstić information content (AvgIpc) is 2.66. The molecule has 0 saturated carbocycles. The Balaban J connectivity index is 1.59. The molecular weight excluding hydrogens is 364 g/mol. The van der Waals surface area contributed by atoms with Crippen molar-refractivity contribution in [3.8, 4) is 5.75 Å². The molecule has 1 saturated heterocycles. The summed E-state index contributed by atoms with van der Waals surface area (Å²) < 4.78 is 5.98. The molecule has 1 amide bonds. The van der Waals surface area contributed by atoms with Crippen molar-refractivity contribution in [1.82, 2.24) is 14.9 Å². The number of carbonyl (C=O) groups excluding carboxylic acids is 1. The first-order valence-electron chi connectivity index (χ1n) is 10.3. The second-order valence-corrected chi connectivity index (χ2v) is 8.76. The predicted molar refractivity (Wildman–Crippen MR) is 116 cm³/mol. The summed E-state index contributed by atoms with van der Waals surface area (Å²) in [5.41, 5.74) is 2.20. The SMILES string of the molecule is Cc1cc(N2CCN(C(=O)C(C)Oc3cccc(C(C)(C)C)c3)CC2)nc(C)n1. The molecule has 1 fully saturated rings. The quantitative estimate of drug-likeness (QED) is 0.792. The largest absolute Gasteiger partial charge is 0.481 e. The summed E-state index contributed by atoms with van der Waals surface area (Å²) in [6.45, 7) is 15.1. The molecule has 1 atom stereocenters. The van der Waals surface area contributed by atoms with Crippen LogP contribution in [0.5, 0.6) is 5.75 Å². The van der Waals surface area contributed by atoms with E-state index in [1.54, 1.807) is 0 Å². The van der Waals surface area contributed by atoms with Crippen LogP contribution in [0.15, 0.2) is 30.3 Å². The van der Waals surface area contributed by atoms with Crippen molar-refractivity contribution in [2.24, 2.45) is 0 Å². The van der Waals surface area contributed by atoms with E-state index in [-0.39, 0.29) is 11.3 Å². The van der Waals surface area contributed by atoms with Crippen LogP contribution in [0.1, 0.15) is 44.8 Å². The minimum atomic E-state index is -0.514. The predicted octanol–water partition coefficient (Wildman–Crippen LogP) is 3.51. The van der Waals surface area contributed by atoms with Gasteiger partial charge < -0.3 is 14.5 Å². The Morgan fingerprint density at radius 1 is 1.07 bits per heavy atom. The third-order valence-corrected chi connectivity index (χ3v) is 5.23. The fraction of sp³-hybridized carbons (Fsp3) is 0.522. The average molecular weight is 397 g/mol. The number of hydrogen-bond donors (Lipinski definition) is 0. The van der Waals surface area contributed by atoms with Gasteiger partial charge in [0.2, 0.25) is 0 Å². The van der Waals surface area contributed by atoms with Crippen molar-refractivity contribution in [3.05, 3.63) is 47.4 Å². The minimum absolute atomic E-state index is 0.0286. The van der Waals surface area contributed by atoms with E-state index in [0.29, 0.717) is 13.1 Å². The van der Waals surface area contributed by atoms with Gasteiger partial charge in [-0.25, -0.2) is 9.97 Å². The lowest BCUT2D eigenvalue weighted by Gasteiger charge is -2.36. The first-order valence-corrected chi connectivity index (χ1v) is 10.3. The summed E-state index contributed by atoms with van der Waals surface area (Å²) in [6, 6.07) is 10.0. The summed E-state index contributed by atoms with van der Waals surface area (Å²) in [4.78, 5) is 25.9. The van der Waals surface area contributed by atoms with Crippen molar-refractivity contribution in [1.29, 1.82) is 0 Å². The maximum Gasteiger partial charge on any atom is 0.263 e. The van der Waals surface area contributed by atoms with Crippen LogP contribution in [-0.4, -0.2) is 53.1 Å². The Labute approximate surface area is 173 Å². The zero-order valence-corrected chi connectivity index (χ0v) is 18.4. The lowest BCUT2D eigenvalue weighted by molar-refractivity contribution is -0.138. The molecule has 6 nitrogen and oxygen atoms in total. The van der Waals surface area contributed by atoms with Gasteiger partial charge in [-0.15, -0.1) is 0 Å². The van der Waals surface area contributed by atoms with Crippen LogP contribution in [0.2, 0.25) is 0 Å². The van der Waals surface area contributed by atoms with Crippen molar-refractivity contribution in [2.45, 2.75) is 53.1 Å².